The highest BCUT2D eigenvalue weighted by molar-refractivity contribution is 5.96. The zero-order chi connectivity index (χ0) is 14.3. The Labute approximate surface area is 124 Å². The van der Waals surface area contributed by atoms with Gasteiger partial charge in [-0.1, -0.05) is 25.0 Å². The van der Waals surface area contributed by atoms with Gasteiger partial charge in [0, 0.05) is 23.7 Å². The first-order valence-corrected chi connectivity index (χ1v) is 8.01. The summed E-state index contributed by atoms with van der Waals surface area (Å²) in [7, 11) is 0. The predicted octanol–water partition coefficient (Wildman–Crippen LogP) is 3.95. The lowest BCUT2D eigenvalue weighted by Gasteiger charge is -2.24. The summed E-state index contributed by atoms with van der Waals surface area (Å²) in [5, 5.41) is 1.13. The number of hydrogen-bond acceptors (Lipinski definition) is 2. The molecule has 0 radical (unpaired) electrons. The molecule has 3 heteroatoms. The van der Waals surface area contributed by atoms with Gasteiger partial charge in [-0.15, -0.1) is 0 Å². The minimum Gasteiger partial charge on any atom is -0.370 e. The molecule has 1 spiro atoms. The molecule has 0 amide bonds. The Bertz CT molecular complexity index is 667. The largest absolute Gasteiger partial charge is 0.370 e. The third-order valence-corrected chi connectivity index (χ3v) is 5.20. The highest BCUT2D eigenvalue weighted by Crippen LogP contribution is 2.43. The number of para-hydroxylation sites is 1. The second-order valence-electron chi connectivity index (χ2n) is 6.54. The summed E-state index contributed by atoms with van der Waals surface area (Å²) in [5.41, 5.74) is 2.00. The zero-order valence-electron chi connectivity index (χ0n) is 12.3. The van der Waals surface area contributed by atoms with Gasteiger partial charge in [-0.2, -0.15) is 0 Å². The standard InChI is InChI=1S/C18H21NO2/c20-13-15-5-3-4-14-7-11-19(17(14)15)12-16-6-10-18(21-16)8-1-2-9-18/h3-5,7,11,13,16H,1-2,6,8-10,12H2. The van der Waals surface area contributed by atoms with E-state index in [1.54, 1.807) is 0 Å². The van der Waals surface area contributed by atoms with E-state index < -0.39 is 0 Å². The van der Waals surface area contributed by atoms with Crippen molar-refractivity contribution in [2.24, 2.45) is 0 Å². The quantitative estimate of drug-likeness (QED) is 0.799. The normalized spacial score (nSPS) is 24.1. The Morgan fingerprint density at radius 2 is 2.10 bits per heavy atom. The van der Waals surface area contributed by atoms with Crippen molar-refractivity contribution in [1.29, 1.82) is 0 Å². The highest BCUT2D eigenvalue weighted by Gasteiger charge is 2.42. The summed E-state index contributed by atoms with van der Waals surface area (Å²) < 4.78 is 8.59. The van der Waals surface area contributed by atoms with Crippen LogP contribution in [0.5, 0.6) is 0 Å². The third kappa shape index (κ3) is 2.20. The second kappa shape index (κ2) is 4.99. The van der Waals surface area contributed by atoms with Gasteiger partial charge >= 0.3 is 0 Å². The number of aldehydes is 1. The lowest BCUT2D eigenvalue weighted by atomic mass is 9.98. The van der Waals surface area contributed by atoms with Gasteiger partial charge in [0.25, 0.3) is 0 Å². The fraction of sp³-hybridized carbons (Fsp3) is 0.500. The number of aromatic nitrogens is 1. The summed E-state index contributed by atoms with van der Waals surface area (Å²) in [4.78, 5) is 11.3. The van der Waals surface area contributed by atoms with Crippen LogP contribution in [0.15, 0.2) is 30.5 Å². The molecule has 1 aromatic carbocycles. The number of carbonyl (C=O) groups is 1. The van der Waals surface area contributed by atoms with E-state index in [1.807, 2.05) is 12.1 Å². The summed E-state index contributed by atoms with van der Waals surface area (Å²) in [6, 6.07) is 7.98. The van der Waals surface area contributed by atoms with E-state index >= 15 is 0 Å². The Kier molecular flexibility index (Phi) is 3.11. The third-order valence-electron chi connectivity index (χ3n) is 5.20. The molecule has 2 heterocycles. The van der Waals surface area contributed by atoms with E-state index in [2.05, 4.69) is 22.9 Å². The van der Waals surface area contributed by atoms with E-state index in [0.29, 0.717) is 6.10 Å². The minimum absolute atomic E-state index is 0.182. The Hall–Kier alpha value is -1.61. The molecule has 1 unspecified atom stereocenters. The Morgan fingerprint density at radius 3 is 2.90 bits per heavy atom. The second-order valence-corrected chi connectivity index (χ2v) is 6.54. The topological polar surface area (TPSA) is 31.2 Å². The van der Waals surface area contributed by atoms with Gasteiger partial charge in [0.05, 0.1) is 17.2 Å². The molecule has 2 aromatic rings. The smallest absolute Gasteiger partial charge is 0.152 e. The number of nitrogens with zero attached hydrogens (tertiary/aromatic N) is 1. The van der Waals surface area contributed by atoms with Gasteiger partial charge in [0.1, 0.15) is 0 Å². The van der Waals surface area contributed by atoms with Gasteiger partial charge in [0.2, 0.25) is 0 Å². The van der Waals surface area contributed by atoms with Crippen LogP contribution in [-0.2, 0) is 11.3 Å². The van der Waals surface area contributed by atoms with Crippen molar-refractivity contribution < 1.29 is 9.53 Å². The molecule has 1 aliphatic carbocycles. The highest BCUT2D eigenvalue weighted by atomic mass is 16.5. The number of ether oxygens (including phenoxy) is 1. The van der Waals surface area contributed by atoms with Gasteiger partial charge in [-0.05, 0) is 37.8 Å². The Balaban J connectivity index is 1.59. The molecule has 2 aliphatic rings. The number of hydrogen-bond donors (Lipinski definition) is 0. The van der Waals surface area contributed by atoms with Crippen LogP contribution in [0.1, 0.15) is 48.9 Å². The molecule has 4 rings (SSSR count). The van der Waals surface area contributed by atoms with E-state index in [9.17, 15) is 4.79 Å². The fourth-order valence-electron chi connectivity index (χ4n) is 4.17. The molecule has 2 fully saturated rings. The molecule has 0 N–H and O–H groups in total. The monoisotopic (exact) mass is 283 g/mol. The molecular formula is C18H21NO2. The van der Waals surface area contributed by atoms with Crippen LogP contribution >= 0.6 is 0 Å². The van der Waals surface area contributed by atoms with E-state index in [-0.39, 0.29) is 5.60 Å². The molecule has 110 valence electrons. The van der Waals surface area contributed by atoms with Crippen LogP contribution in [0, 0.1) is 0 Å². The lowest BCUT2D eigenvalue weighted by Crippen LogP contribution is -2.26. The molecule has 1 saturated heterocycles. The van der Waals surface area contributed by atoms with Crippen molar-refractivity contribution in [3.63, 3.8) is 0 Å². The fourth-order valence-corrected chi connectivity index (χ4v) is 4.17. The summed E-state index contributed by atoms with van der Waals surface area (Å²) in [6.07, 6.45) is 10.8. The molecule has 0 bridgehead atoms. The van der Waals surface area contributed by atoms with Gasteiger partial charge in [0.15, 0.2) is 6.29 Å². The molecule has 1 aliphatic heterocycles. The summed E-state index contributed by atoms with van der Waals surface area (Å²) in [6.45, 7) is 0.857. The first kappa shape index (κ1) is 13.1. The molecule has 21 heavy (non-hydrogen) atoms. The first-order valence-electron chi connectivity index (χ1n) is 8.01. The maximum atomic E-state index is 11.3. The van der Waals surface area contributed by atoms with Crippen molar-refractivity contribution in [3.8, 4) is 0 Å². The van der Waals surface area contributed by atoms with Crippen molar-refractivity contribution in [2.75, 3.05) is 0 Å². The predicted molar refractivity (Wildman–Crippen MR) is 82.6 cm³/mol. The van der Waals surface area contributed by atoms with Crippen LogP contribution < -0.4 is 0 Å². The van der Waals surface area contributed by atoms with E-state index in [1.165, 1.54) is 32.1 Å². The molecule has 3 nitrogen and oxygen atoms in total. The van der Waals surface area contributed by atoms with Crippen LogP contribution in [0.3, 0.4) is 0 Å². The number of carbonyl (C=O) groups excluding carboxylic acids is 1. The van der Waals surface area contributed by atoms with Crippen molar-refractivity contribution in [3.05, 3.63) is 36.0 Å². The van der Waals surface area contributed by atoms with Gasteiger partial charge < -0.3 is 9.30 Å². The molecular weight excluding hydrogens is 262 g/mol. The van der Waals surface area contributed by atoms with Gasteiger partial charge in [-0.3, -0.25) is 4.79 Å². The summed E-state index contributed by atoms with van der Waals surface area (Å²) >= 11 is 0. The van der Waals surface area contributed by atoms with Crippen LogP contribution in [0.25, 0.3) is 10.9 Å². The van der Waals surface area contributed by atoms with Crippen LogP contribution in [-0.4, -0.2) is 22.6 Å². The molecule has 1 atom stereocenters. The van der Waals surface area contributed by atoms with E-state index in [4.69, 9.17) is 4.74 Å². The maximum absolute atomic E-state index is 11.3. The van der Waals surface area contributed by atoms with Gasteiger partial charge in [-0.25, -0.2) is 0 Å². The lowest BCUT2D eigenvalue weighted by molar-refractivity contribution is -0.0414. The van der Waals surface area contributed by atoms with Crippen molar-refractivity contribution in [2.45, 2.75) is 56.8 Å². The maximum Gasteiger partial charge on any atom is 0.152 e. The minimum atomic E-state index is 0.182. The van der Waals surface area contributed by atoms with E-state index in [0.717, 1.165) is 35.7 Å². The van der Waals surface area contributed by atoms with Crippen molar-refractivity contribution >= 4 is 17.2 Å². The average molecular weight is 283 g/mol. The summed E-state index contributed by atoms with van der Waals surface area (Å²) in [5.74, 6) is 0. The molecule has 1 saturated carbocycles. The number of rotatable bonds is 3. The molecule has 1 aromatic heterocycles. The average Bonchev–Trinajstić information content (AvgIpc) is 3.22. The number of benzene rings is 1. The van der Waals surface area contributed by atoms with Crippen LogP contribution in [0.2, 0.25) is 0 Å². The Morgan fingerprint density at radius 1 is 1.24 bits per heavy atom. The van der Waals surface area contributed by atoms with Crippen LogP contribution in [0.4, 0.5) is 0 Å². The van der Waals surface area contributed by atoms with Crippen molar-refractivity contribution in [1.82, 2.24) is 4.57 Å². The zero-order valence-corrected chi connectivity index (χ0v) is 12.3. The SMILES string of the molecule is O=Cc1cccc2ccn(CC3CCC4(CCCC4)O3)c12. The number of fused-ring (bicyclic) bond motifs is 1. The first-order chi connectivity index (χ1) is 10.3.